The molecule has 12 nitrogen and oxygen atoms in total. The standard InChI is InChI=1S/C27H46N2O10/c1-7-26(14-30,16-36-22(32)20(3)4)18-38-24(34)28-12-10-9-11-13-29-25(35)39-19-27(8-2,15-31)17-37-23(33)21(5)6/h30-31H,3,5,7-19H2,1-2,4,6H3,(H,28,34)(H,29,35). The minimum atomic E-state index is -0.897. The number of hydrogen-bond donors (Lipinski definition) is 4. The van der Waals surface area contributed by atoms with Crippen LogP contribution in [0.3, 0.4) is 0 Å². The summed E-state index contributed by atoms with van der Waals surface area (Å²) in [5, 5.41) is 24.7. The molecule has 0 aliphatic rings. The van der Waals surface area contributed by atoms with E-state index in [0.29, 0.717) is 45.2 Å². The van der Waals surface area contributed by atoms with E-state index < -0.39 is 35.0 Å². The molecule has 0 aliphatic carbocycles. The number of ether oxygens (including phenoxy) is 4. The van der Waals surface area contributed by atoms with Crippen molar-refractivity contribution in [3.05, 3.63) is 24.3 Å². The van der Waals surface area contributed by atoms with Crippen molar-refractivity contribution >= 4 is 24.1 Å². The van der Waals surface area contributed by atoms with Crippen LogP contribution >= 0.6 is 0 Å². The molecule has 0 aromatic rings. The fourth-order valence-electron chi connectivity index (χ4n) is 2.93. The van der Waals surface area contributed by atoms with Crippen LogP contribution in [0.2, 0.25) is 0 Å². The zero-order valence-corrected chi connectivity index (χ0v) is 23.8. The number of carbonyl (C=O) groups is 4. The number of aliphatic hydroxyl groups is 2. The van der Waals surface area contributed by atoms with E-state index in [1.54, 1.807) is 13.8 Å². The van der Waals surface area contributed by atoms with Crippen LogP contribution < -0.4 is 10.6 Å². The highest BCUT2D eigenvalue weighted by Gasteiger charge is 2.32. The first-order chi connectivity index (χ1) is 18.4. The van der Waals surface area contributed by atoms with Crippen molar-refractivity contribution in [2.75, 3.05) is 52.7 Å². The third-order valence-electron chi connectivity index (χ3n) is 6.30. The maximum atomic E-state index is 12.0. The number of rotatable bonds is 20. The lowest BCUT2D eigenvalue weighted by Crippen LogP contribution is -2.39. The summed E-state index contributed by atoms with van der Waals surface area (Å²) in [6.45, 7) is 13.3. The molecule has 224 valence electrons. The van der Waals surface area contributed by atoms with Crippen LogP contribution in [0.15, 0.2) is 24.3 Å². The van der Waals surface area contributed by atoms with Crippen LogP contribution in [-0.2, 0) is 28.5 Å². The second-order valence-corrected chi connectivity index (χ2v) is 9.80. The summed E-state index contributed by atoms with van der Waals surface area (Å²) in [6, 6.07) is 0. The van der Waals surface area contributed by atoms with Crippen LogP contribution in [0.25, 0.3) is 0 Å². The normalized spacial score (nSPS) is 13.7. The van der Waals surface area contributed by atoms with Gasteiger partial charge >= 0.3 is 24.1 Å². The summed E-state index contributed by atoms with van der Waals surface area (Å²) >= 11 is 0. The van der Waals surface area contributed by atoms with E-state index in [1.165, 1.54) is 13.8 Å². The molecule has 0 aromatic carbocycles. The molecular formula is C27H46N2O10. The number of amides is 2. The van der Waals surface area contributed by atoms with Crippen molar-refractivity contribution < 1.29 is 48.3 Å². The molecular weight excluding hydrogens is 512 g/mol. The number of nitrogens with one attached hydrogen (secondary N) is 2. The fourth-order valence-corrected chi connectivity index (χ4v) is 2.93. The van der Waals surface area contributed by atoms with Crippen molar-refractivity contribution in [3.8, 4) is 0 Å². The van der Waals surface area contributed by atoms with Crippen molar-refractivity contribution in [2.45, 2.75) is 59.8 Å². The minimum absolute atomic E-state index is 0.101. The summed E-state index contributed by atoms with van der Waals surface area (Å²) in [4.78, 5) is 47.3. The van der Waals surface area contributed by atoms with Gasteiger partial charge in [0.25, 0.3) is 0 Å². The predicted molar refractivity (Wildman–Crippen MR) is 144 cm³/mol. The van der Waals surface area contributed by atoms with E-state index in [9.17, 15) is 29.4 Å². The molecule has 0 fully saturated rings. The zero-order valence-electron chi connectivity index (χ0n) is 23.8. The van der Waals surface area contributed by atoms with Gasteiger partial charge in [0.2, 0.25) is 0 Å². The van der Waals surface area contributed by atoms with Crippen LogP contribution in [0, 0.1) is 10.8 Å². The van der Waals surface area contributed by atoms with Gasteiger partial charge in [0, 0.05) is 24.2 Å². The van der Waals surface area contributed by atoms with Crippen molar-refractivity contribution in [3.63, 3.8) is 0 Å². The molecule has 12 heteroatoms. The first kappa shape index (κ1) is 35.9. The average Bonchev–Trinajstić information content (AvgIpc) is 2.92. The number of hydrogen-bond acceptors (Lipinski definition) is 10. The van der Waals surface area contributed by atoms with E-state index in [4.69, 9.17) is 18.9 Å². The van der Waals surface area contributed by atoms with Gasteiger partial charge in [-0.05, 0) is 46.0 Å². The maximum Gasteiger partial charge on any atom is 0.407 e. The lowest BCUT2D eigenvalue weighted by atomic mass is 9.88. The number of esters is 2. The molecule has 0 heterocycles. The molecule has 0 aliphatic heterocycles. The molecule has 2 amide bonds. The van der Waals surface area contributed by atoms with Crippen LogP contribution in [-0.4, -0.2) is 87.1 Å². The predicted octanol–water partition coefficient (Wildman–Crippen LogP) is 2.63. The highest BCUT2D eigenvalue weighted by molar-refractivity contribution is 5.87. The van der Waals surface area contributed by atoms with Gasteiger partial charge < -0.3 is 39.8 Å². The van der Waals surface area contributed by atoms with E-state index in [0.717, 1.165) is 0 Å². The second kappa shape index (κ2) is 19.0. The Morgan fingerprint density at radius 1 is 0.641 bits per heavy atom. The van der Waals surface area contributed by atoms with Gasteiger partial charge in [0.15, 0.2) is 0 Å². The molecule has 0 saturated carbocycles. The van der Waals surface area contributed by atoms with Crippen molar-refractivity contribution in [1.29, 1.82) is 0 Å². The first-order valence-corrected chi connectivity index (χ1v) is 13.1. The van der Waals surface area contributed by atoms with E-state index in [-0.39, 0.29) is 50.8 Å². The third kappa shape index (κ3) is 14.6. The van der Waals surface area contributed by atoms with E-state index >= 15 is 0 Å². The Morgan fingerprint density at radius 3 is 1.26 bits per heavy atom. The highest BCUT2D eigenvalue weighted by atomic mass is 16.6. The number of aliphatic hydroxyl groups excluding tert-OH is 2. The molecule has 39 heavy (non-hydrogen) atoms. The van der Waals surface area contributed by atoms with Crippen LogP contribution in [0.1, 0.15) is 59.8 Å². The van der Waals surface area contributed by atoms with Gasteiger partial charge in [-0.25, -0.2) is 19.2 Å². The summed E-state index contributed by atoms with van der Waals surface area (Å²) in [5.74, 6) is -1.15. The van der Waals surface area contributed by atoms with Crippen LogP contribution in [0.4, 0.5) is 9.59 Å². The van der Waals surface area contributed by atoms with Gasteiger partial charge in [-0.3, -0.25) is 0 Å². The fraction of sp³-hybridized carbons (Fsp3) is 0.704. The number of carbonyl (C=O) groups excluding carboxylic acids is 4. The molecule has 4 N–H and O–H groups in total. The third-order valence-corrected chi connectivity index (χ3v) is 6.30. The molecule has 0 radical (unpaired) electrons. The molecule has 0 spiro atoms. The summed E-state index contributed by atoms with van der Waals surface area (Å²) in [7, 11) is 0. The second-order valence-electron chi connectivity index (χ2n) is 9.80. The molecule has 0 saturated heterocycles. The summed E-state index contributed by atoms with van der Waals surface area (Å²) in [6.07, 6.45) is 1.55. The Kier molecular flexibility index (Phi) is 17.5. The Labute approximate surface area is 231 Å². The van der Waals surface area contributed by atoms with Gasteiger partial charge in [0.05, 0.1) is 24.0 Å². The SMILES string of the molecule is C=C(C)C(=O)OCC(CC)(CO)COC(=O)NCCCCCNC(=O)OCC(CC)(CO)COC(=O)C(=C)C. The lowest BCUT2D eigenvalue weighted by Gasteiger charge is -2.29. The zero-order chi connectivity index (χ0) is 29.9. The summed E-state index contributed by atoms with van der Waals surface area (Å²) < 4.78 is 20.7. The number of unbranched alkanes of at least 4 members (excludes halogenated alkanes) is 2. The van der Waals surface area contributed by atoms with E-state index in [1.807, 2.05) is 0 Å². The monoisotopic (exact) mass is 558 g/mol. The largest absolute Gasteiger partial charge is 0.462 e. The lowest BCUT2D eigenvalue weighted by molar-refractivity contribution is -0.146. The first-order valence-electron chi connectivity index (χ1n) is 13.1. The highest BCUT2D eigenvalue weighted by Crippen LogP contribution is 2.24. The maximum absolute atomic E-state index is 12.0. The topological polar surface area (TPSA) is 170 Å². The molecule has 2 atom stereocenters. The minimum Gasteiger partial charge on any atom is -0.462 e. The Morgan fingerprint density at radius 2 is 0.974 bits per heavy atom. The van der Waals surface area contributed by atoms with Gasteiger partial charge in [-0.15, -0.1) is 0 Å². The smallest absolute Gasteiger partial charge is 0.407 e. The van der Waals surface area contributed by atoms with Crippen LogP contribution in [0.5, 0.6) is 0 Å². The average molecular weight is 559 g/mol. The van der Waals surface area contributed by atoms with Gasteiger partial charge in [-0.2, -0.15) is 0 Å². The van der Waals surface area contributed by atoms with Gasteiger partial charge in [-0.1, -0.05) is 27.0 Å². The van der Waals surface area contributed by atoms with Gasteiger partial charge in [0.1, 0.15) is 26.4 Å². The molecule has 2 unspecified atom stereocenters. The Bertz CT molecular complexity index is 753. The molecule has 0 rings (SSSR count). The van der Waals surface area contributed by atoms with Crippen molar-refractivity contribution in [1.82, 2.24) is 10.6 Å². The summed E-state index contributed by atoms with van der Waals surface area (Å²) in [5.41, 5.74) is -1.32. The number of alkyl carbamates (subject to hydrolysis) is 2. The van der Waals surface area contributed by atoms with E-state index in [2.05, 4.69) is 23.8 Å². The Hall–Kier alpha value is -3.12. The Balaban J connectivity index is 4.20. The quantitative estimate of drug-likeness (QED) is 0.0754. The van der Waals surface area contributed by atoms with Crippen molar-refractivity contribution in [2.24, 2.45) is 10.8 Å². The molecule has 0 aromatic heterocycles. The molecule has 0 bridgehead atoms.